The summed E-state index contributed by atoms with van der Waals surface area (Å²) in [4.78, 5) is 22.2. The van der Waals surface area contributed by atoms with E-state index in [0.717, 1.165) is 0 Å². The molecule has 0 fully saturated rings. The molecule has 0 atom stereocenters. The third-order valence-electron chi connectivity index (χ3n) is 1.89. The van der Waals surface area contributed by atoms with Gasteiger partial charge in [-0.05, 0) is 6.07 Å². The zero-order chi connectivity index (χ0) is 12.0. The molecule has 1 rings (SSSR count). The van der Waals surface area contributed by atoms with E-state index in [1.54, 1.807) is 6.07 Å². The van der Waals surface area contributed by atoms with Crippen LogP contribution in [-0.2, 0) is 9.47 Å². The van der Waals surface area contributed by atoms with Gasteiger partial charge in [0.15, 0.2) is 0 Å². The van der Waals surface area contributed by atoms with Crippen molar-refractivity contribution in [3.05, 3.63) is 35.4 Å². The molecular weight excluding hydrogens is 212 g/mol. The molecule has 0 spiro atoms. The molecule has 0 unspecified atom stereocenters. The Bertz CT molecular complexity index is 386. The minimum Gasteiger partial charge on any atom is -0.545 e. The van der Waals surface area contributed by atoms with Crippen molar-refractivity contribution in [2.45, 2.75) is 0 Å². The van der Waals surface area contributed by atoms with E-state index in [9.17, 15) is 14.7 Å². The van der Waals surface area contributed by atoms with E-state index in [1.165, 1.54) is 25.3 Å². The summed E-state index contributed by atoms with van der Waals surface area (Å²) in [5.74, 6) is -2.10. The summed E-state index contributed by atoms with van der Waals surface area (Å²) in [6.07, 6.45) is 0. The molecule has 0 radical (unpaired) electrons. The molecule has 0 aliphatic carbocycles. The van der Waals surface area contributed by atoms with E-state index in [4.69, 9.17) is 9.47 Å². The summed E-state index contributed by atoms with van der Waals surface area (Å²) in [6.45, 7) is 0.343. The Labute approximate surface area is 92.6 Å². The van der Waals surface area contributed by atoms with E-state index in [-0.39, 0.29) is 24.3 Å². The first-order valence-corrected chi connectivity index (χ1v) is 4.63. The molecule has 0 saturated carbocycles. The van der Waals surface area contributed by atoms with Gasteiger partial charge in [-0.25, -0.2) is 4.79 Å². The lowest BCUT2D eigenvalue weighted by atomic mass is 10.1. The molecule has 0 aliphatic rings. The van der Waals surface area contributed by atoms with Gasteiger partial charge in [0.25, 0.3) is 0 Å². The molecule has 5 nitrogen and oxygen atoms in total. The lowest BCUT2D eigenvalue weighted by molar-refractivity contribution is -0.255. The summed E-state index contributed by atoms with van der Waals surface area (Å²) in [5.41, 5.74) is -0.191. The number of esters is 1. The van der Waals surface area contributed by atoms with Crippen molar-refractivity contribution in [2.75, 3.05) is 20.3 Å². The largest absolute Gasteiger partial charge is 0.545 e. The predicted molar refractivity (Wildman–Crippen MR) is 52.9 cm³/mol. The lowest BCUT2D eigenvalue weighted by Crippen LogP contribution is -2.25. The highest BCUT2D eigenvalue weighted by Crippen LogP contribution is 2.09. The first-order valence-electron chi connectivity index (χ1n) is 4.63. The third kappa shape index (κ3) is 3.06. The van der Waals surface area contributed by atoms with Crippen LogP contribution < -0.4 is 5.11 Å². The number of benzene rings is 1. The van der Waals surface area contributed by atoms with Crippen molar-refractivity contribution in [2.24, 2.45) is 0 Å². The number of carboxylic acids is 1. The second-order valence-corrected chi connectivity index (χ2v) is 2.96. The van der Waals surface area contributed by atoms with Crippen molar-refractivity contribution in [3.8, 4) is 0 Å². The molecule has 0 aromatic heterocycles. The second-order valence-electron chi connectivity index (χ2n) is 2.96. The Morgan fingerprint density at radius 1 is 1.19 bits per heavy atom. The van der Waals surface area contributed by atoms with Crippen LogP contribution in [0.4, 0.5) is 0 Å². The van der Waals surface area contributed by atoms with Crippen LogP contribution in [0.3, 0.4) is 0 Å². The summed E-state index contributed by atoms with van der Waals surface area (Å²) in [7, 11) is 1.48. The highest BCUT2D eigenvalue weighted by Gasteiger charge is 2.12. The van der Waals surface area contributed by atoms with Crippen LogP contribution in [0.2, 0.25) is 0 Å². The number of carbonyl (C=O) groups is 2. The molecule has 0 N–H and O–H groups in total. The van der Waals surface area contributed by atoms with Gasteiger partial charge in [-0.3, -0.25) is 0 Å². The topological polar surface area (TPSA) is 75.7 Å². The van der Waals surface area contributed by atoms with Gasteiger partial charge in [-0.15, -0.1) is 0 Å². The van der Waals surface area contributed by atoms with E-state index < -0.39 is 11.9 Å². The number of rotatable bonds is 5. The molecule has 1 aromatic rings. The van der Waals surface area contributed by atoms with Crippen LogP contribution in [0.15, 0.2) is 24.3 Å². The van der Waals surface area contributed by atoms with Gasteiger partial charge >= 0.3 is 5.97 Å². The first-order chi connectivity index (χ1) is 7.66. The Morgan fingerprint density at radius 3 is 2.38 bits per heavy atom. The fourth-order valence-electron chi connectivity index (χ4n) is 1.13. The molecular formula is C11H11O5-. The Morgan fingerprint density at radius 2 is 1.81 bits per heavy atom. The van der Waals surface area contributed by atoms with Crippen molar-refractivity contribution in [1.29, 1.82) is 0 Å². The molecule has 0 aliphatic heterocycles. The predicted octanol–water partition coefficient (Wildman–Crippen LogP) is -0.147. The van der Waals surface area contributed by atoms with E-state index in [0.29, 0.717) is 0 Å². The summed E-state index contributed by atoms with van der Waals surface area (Å²) in [6, 6.07) is 5.74. The lowest BCUT2D eigenvalue weighted by Gasteiger charge is -2.09. The number of carbonyl (C=O) groups excluding carboxylic acids is 2. The van der Waals surface area contributed by atoms with E-state index in [1.807, 2.05) is 0 Å². The summed E-state index contributed by atoms with van der Waals surface area (Å²) >= 11 is 0. The fourth-order valence-corrected chi connectivity index (χ4v) is 1.13. The van der Waals surface area contributed by atoms with Crippen molar-refractivity contribution in [1.82, 2.24) is 0 Å². The molecule has 5 heteroatoms. The average Bonchev–Trinajstić information content (AvgIpc) is 2.29. The maximum atomic E-state index is 11.5. The Hall–Kier alpha value is -1.88. The first kappa shape index (κ1) is 12.2. The van der Waals surface area contributed by atoms with Crippen molar-refractivity contribution < 1.29 is 24.2 Å². The maximum absolute atomic E-state index is 11.5. The summed E-state index contributed by atoms with van der Waals surface area (Å²) in [5, 5.41) is 10.7. The minimum atomic E-state index is -1.40. The smallest absolute Gasteiger partial charge is 0.338 e. The van der Waals surface area contributed by atoms with Crippen LogP contribution in [0.1, 0.15) is 20.7 Å². The highest BCUT2D eigenvalue weighted by atomic mass is 16.6. The normalized spacial score (nSPS) is 9.81. The molecule has 0 amide bonds. The minimum absolute atomic E-state index is 0.0152. The fraction of sp³-hybridized carbons (Fsp3) is 0.273. The zero-order valence-corrected chi connectivity index (χ0v) is 8.76. The monoisotopic (exact) mass is 223 g/mol. The SMILES string of the molecule is COCCOC(=O)c1ccccc1C(=O)[O-]. The highest BCUT2D eigenvalue weighted by molar-refractivity contribution is 6.01. The van der Waals surface area contributed by atoms with Gasteiger partial charge in [0.2, 0.25) is 0 Å². The molecule has 16 heavy (non-hydrogen) atoms. The molecule has 86 valence electrons. The zero-order valence-electron chi connectivity index (χ0n) is 8.76. The van der Waals surface area contributed by atoms with E-state index >= 15 is 0 Å². The molecule has 0 heterocycles. The summed E-state index contributed by atoms with van der Waals surface area (Å²) < 4.78 is 9.50. The number of methoxy groups -OCH3 is 1. The van der Waals surface area contributed by atoms with Gasteiger partial charge in [-0.2, -0.15) is 0 Å². The number of aromatic carboxylic acids is 1. The van der Waals surface area contributed by atoms with Crippen molar-refractivity contribution in [3.63, 3.8) is 0 Å². The quantitative estimate of drug-likeness (QED) is 0.512. The van der Waals surface area contributed by atoms with Gasteiger partial charge in [0.05, 0.1) is 18.1 Å². The van der Waals surface area contributed by atoms with Crippen LogP contribution in [0.25, 0.3) is 0 Å². The third-order valence-corrected chi connectivity index (χ3v) is 1.89. The number of hydrogen-bond donors (Lipinski definition) is 0. The number of carboxylic acid groups (broad SMARTS) is 1. The van der Waals surface area contributed by atoms with E-state index in [2.05, 4.69) is 0 Å². The molecule has 0 saturated heterocycles. The van der Waals surface area contributed by atoms with Crippen LogP contribution in [0.5, 0.6) is 0 Å². The van der Waals surface area contributed by atoms with Gasteiger partial charge < -0.3 is 19.4 Å². The van der Waals surface area contributed by atoms with Crippen LogP contribution in [0, 0.1) is 0 Å². The average molecular weight is 223 g/mol. The van der Waals surface area contributed by atoms with Crippen LogP contribution >= 0.6 is 0 Å². The Balaban J connectivity index is 2.78. The van der Waals surface area contributed by atoms with Crippen molar-refractivity contribution >= 4 is 11.9 Å². The molecule has 0 bridgehead atoms. The number of hydrogen-bond acceptors (Lipinski definition) is 5. The number of ether oxygens (including phenoxy) is 2. The standard InChI is InChI=1S/C11H12O5/c1-15-6-7-16-11(14)9-5-3-2-4-8(9)10(12)13/h2-5H,6-7H2,1H3,(H,12,13)/p-1. The molecule has 1 aromatic carbocycles. The van der Waals surface area contributed by atoms with Crippen LogP contribution in [-0.4, -0.2) is 32.3 Å². The Kier molecular flexibility index (Phi) is 4.47. The maximum Gasteiger partial charge on any atom is 0.338 e. The second kappa shape index (κ2) is 5.87. The van der Waals surface area contributed by atoms with Gasteiger partial charge in [0.1, 0.15) is 6.61 Å². The van der Waals surface area contributed by atoms with Gasteiger partial charge in [0, 0.05) is 12.7 Å². The van der Waals surface area contributed by atoms with Gasteiger partial charge in [-0.1, -0.05) is 18.2 Å².